The summed E-state index contributed by atoms with van der Waals surface area (Å²) in [5.74, 6) is -0.937. The van der Waals surface area contributed by atoms with Crippen molar-refractivity contribution >= 4 is 17.9 Å². The van der Waals surface area contributed by atoms with Crippen molar-refractivity contribution in [1.82, 2.24) is 0 Å². The molecule has 0 saturated heterocycles. The van der Waals surface area contributed by atoms with Gasteiger partial charge in [0.25, 0.3) is 0 Å². The minimum Gasteiger partial charge on any atom is -0.462 e. The topological polar surface area (TPSA) is 78.9 Å². The van der Waals surface area contributed by atoms with E-state index >= 15 is 0 Å². The van der Waals surface area contributed by atoms with Gasteiger partial charge < -0.3 is 14.2 Å². The third kappa shape index (κ3) is 59.5. The fourth-order valence-electron chi connectivity index (χ4n) is 8.96. The molecule has 0 aliphatic heterocycles. The highest BCUT2D eigenvalue weighted by Gasteiger charge is 2.19. The van der Waals surface area contributed by atoms with E-state index in [0.717, 1.165) is 89.9 Å². The molecule has 0 radical (unpaired) electrons. The van der Waals surface area contributed by atoms with Gasteiger partial charge in [-0.05, 0) is 70.6 Å². The third-order valence-corrected chi connectivity index (χ3v) is 13.7. The molecule has 0 amide bonds. The minimum absolute atomic E-state index is 0.0902. The van der Waals surface area contributed by atoms with Crippen LogP contribution in [0.4, 0.5) is 0 Å². The lowest BCUT2D eigenvalue weighted by molar-refractivity contribution is -0.167. The standard InChI is InChI=1S/C68H118O6/c1-4-7-10-13-16-19-22-25-28-30-32-33-34-35-36-38-40-43-46-49-52-55-58-61-67(70)73-64-65(63-72-66(69)60-57-54-51-48-45-42-39-27-24-21-18-15-12-9-6-3)74-68(71)62-59-56-53-50-47-44-41-37-31-29-26-23-20-17-14-11-8-5-2/h7,10,16,19,25,28,32-33,35-36,40,43,49,52,65H,4-6,8-9,11-15,17-18,20-24,26-27,29-31,34,37-39,41-42,44-48,50-51,53-64H2,1-3H3/b10-7-,19-16-,28-25-,33-32-,36-35-,43-40-,52-49-. The van der Waals surface area contributed by atoms with E-state index in [-0.39, 0.29) is 37.5 Å². The molecular weight excluding hydrogens is 913 g/mol. The molecule has 0 fully saturated rings. The van der Waals surface area contributed by atoms with Gasteiger partial charge in [-0.1, -0.05) is 305 Å². The summed E-state index contributed by atoms with van der Waals surface area (Å²) >= 11 is 0. The molecule has 74 heavy (non-hydrogen) atoms. The highest BCUT2D eigenvalue weighted by molar-refractivity contribution is 5.71. The monoisotopic (exact) mass is 1030 g/mol. The molecule has 0 N–H and O–H groups in total. The van der Waals surface area contributed by atoms with E-state index < -0.39 is 6.10 Å². The maximum atomic E-state index is 12.9. The number of carbonyl (C=O) groups is 3. The lowest BCUT2D eigenvalue weighted by Gasteiger charge is -2.18. The number of unbranched alkanes of at least 4 members (excludes halogenated alkanes) is 32. The highest BCUT2D eigenvalue weighted by atomic mass is 16.6. The molecule has 6 nitrogen and oxygen atoms in total. The number of ether oxygens (including phenoxy) is 3. The zero-order valence-corrected chi connectivity index (χ0v) is 48.8. The number of esters is 3. The minimum atomic E-state index is -0.798. The summed E-state index contributed by atoms with van der Waals surface area (Å²) in [6.07, 6.45) is 81.6. The van der Waals surface area contributed by atoms with Gasteiger partial charge in [0.05, 0.1) is 0 Å². The van der Waals surface area contributed by atoms with E-state index in [2.05, 4.69) is 106 Å². The van der Waals surface area contributed by atoms with Gasteiger partial charge in [-0.25, -0.2) is 0 Å². The van der Waals surface area contributed by atoms with Gasteiger partial charge in [0.15, 0.2) is 6.10 Å². The lowest BCUT2D eigenvalue weighted by Crippen LogP contribution is -2.30. The van der Waals surface area contributed by atoms with Crippen LogP contribution in [-0.4, -0.2) is 37.2 Å². The van der Waals surface area contributed by atoms with E-state index in [1.807, 2.05) is 0 Å². The molecule has 0 rings (SSSR count). The molecule has 0 saturated carbocycles. The van der Waals surface area contributed by atoms with Crippen LogP contribution >= 0.6 is 0 Å². The van der Waals surface area contributed by atoms with Crippen molar-refractivity contribution in [2.75, 3.05) is 13.2 Å². The van der Waals surface area contributed by atoms with Crippen LogP contribution in [-0.2, 0) is 28.6 Å². The molecule has 1 unspecified atom stereocenters. The Morgan fingerprint density at radius 1 is 0.284 bits per heavy atom. The molecule has 0 heterocycles. The van der Waals surface area contributed by atoms with E-state index in [9.17, 15) is 14.4 Å². The Balaban J connectivity index is 4.44. The van der Waals surface area contributed by atoms with Crippen molar-refractivity contribution in [1.29, 1.82) is 0 Å². The molecule has 0 aliphatic carbocycles. The SMILES string of the molecule is CC/C=C\C/C=C\C/C=C\C/C=C\C/C=C\C/C=C\C/C=C\CCCC(=O)OCC(COC(=O)CCCCCCCCCCCCCCCCC)OC(=O)CCCCCCCCCCCCCCCCCCCC. The zero-order valence-electron chi connectivity index (χ0n) is 48.8. The smallest absolute Gasteiger partial charge is 0.306 e. The molecule has 1 atom stereocenters. The largest absolute Gasteiger partial charge is 0.462 e. The van der Waals surface area contributed by atoms with E-state index in [1.54, 1.807) is 0 Å². The van der Waals surface area contributed by atoms with Crippen molar-refractivity contribution in [3.63, 3.8) is 0 Å². The van der Waals surface area contributed by atoms with Gasteiger partial charge in [0.1, 0.15) is 13.2 Å². The highest BCUT2D eigenvalue weighted by Crippen LogP contribution is 2.17. The van der Waals surface area contributed by atoms with Gasteiger partial charge >= 0.3 is 17.9 Å². The summed E-state index contributed by atoms with van der Waals surface area (Å²) in [4.78, 5) is 38.3. The van der Waals surface area contributed by atoms with Gasteiger partial charge in [-0.2, -0.15) is 0 Å². The van der Waals surface area contributed by atoms with Crippen molar-refractivity contribution in [2.24, 2.45) is 0 Å². The Labute approximate surface area is 458 Å². The summed E-state index contributed by atoms with van der Waals surface area (Å²) in [6, 6.07) is 0. The molecule has 0 aliphatic rings. The number of rotatable bonds is 57. The first-order valence-electron chi connectivity index (χ1n) is 31.6. The van der Waals surface area contributed by atoms with E-state index in [1.165, 1.54) is 173 Å². The van der Waals surface area contributed by atoms with Gasteiger partial charge in [-0.15, -0.1) is 0 Å². The predicted octanol–water partition coefficient (Wildman–Crippen LogP) is 21.5. The summed E-state index contributed by atoms with van der Waals surface area (Å²) < 4.78 is 16.9. The van der Waals surface area contributed by atoms with Crippen molar-refractivity contribution < 1.29 is 28.6 Å². The Bertz CT molecular complexity index is 1420. The first-order valence-corrected chi connectivity index (χ1v) is 31.6. The van der Waals surface area contributed by atoms with Crippen molar-refractivity contribution in [3.05, 3.63) is 85.1 Å². The van der Waals surface area contributed by atoms with Gasteiger partial charge in [-0.3, -0.25) is 14.4 Å². The van der Waals surface area contributed by atoms with Crippen LogP contribution in [0.2, 0.25) is 0 Å². The quantitative estimate of drug-likeness (QED) is 0.0261. The van der Waals surface area contributed by atoms with Crippen LogP contribution in [0.5, 0.6) is 0 Å². The molecule has 426 valence electrons. The Morgan fingerprint density at radius 2 is 0.527 bits per heavy atom. The Morgan fingerprint density at radius 3 is 0.824 bits per heavy atom. The molecule has 0 aromatic carbocycles. The second kappa shape index (κ2) is 62.1. The second-order valence-corrected chi connectivity index (χ2v) is 21.0. The maximum absolute atomic E-state index is 12.9. The van der Waals surface area contributed by atoms with Crippen LogP contribution in [0.15, 0.2) is 85.1 Å². The van der Waals surface area contributed by atoms with Gasteiger partial charge in [0.2, 0.25) is 0 Å². The zero-order chi connectivity index (χ0) is 53.6. The third-order valence-electron chi connectivity index (χ3n) is 13.7. The average molecular weight is 1030 g/mol. The summed E-state index contributed by atoms with van der Waals surface area (Å²) in [5.41, 5.74) is 0. The van der Waals surface area contributed by atoms with Gasteiger partial charge in [0, 0.05) is 19.3 Å². The molecule has 0 aromatic rings. The summed E-state index contributed by atoms with van der Waals surface area (Å²) in [5, 5.41) is 0. The number of hydrogen-bond donors (Lipinski definition) is 0. The number of carbonyl (C=O) groups excluding carboxylic acids is 3. The molecular formula is C68H118O6. The first-order chi connectivity index (χ1) is 36.5. The average Bonchev–Trinajstić information content (AvgIpc) is 3.40. The normalized spacial score (nSPS) is 12.6. The van der Waals surface area contributed by atoms with Crippen molar-refractivity contribution in [3.8, 4) is 0 Å². The predicted molar refractivity (Wildman–Crippen MR) is 321 cm³/mol. The van der Waals surface area contributed by atoms with Crippen LogP contribution in [0.1, 0.15) is 310 Å². The fourth-order valence-corrected chi connectivity index (χ4v) is 8.96. The Kier molecular flexibility index (Phi) is 59.3. The lowest BCUT2D eigenvalue weighted by atomic mass is 10.0. The van der Waals surface area contributed by atoms with Crippen LogP contribution in [0, 0.1) is 0 Å². The molecule has 0 bridgehead atoms. The molecule has 6 heteroatoms. The molecule has 0 aromatic heterocycles. The second-order valence-electron chi connectivity index (χ2n) is 21.0. The van der Waals surface area contributed by atoms with Crippen LogP contribution in [0.3, 0.4) is 0 Å². The van der Waals surface area contributed by atoms with Crippen molar-refractivity contribution in [2.45, 2.75) is 316 Å². The Hall–Kier alpha value is -3.41. The summed E-state index contributed by atoms with van der Waals surface area (Å²) in [6.45, 7) is 6.52. The number of allylic oxidation sites excluding steroid dienone is 14. The number of hydrogen-bond acceptors (Lipinski definition) is 6. The molecule has 0 spiro atoms. The fraction of sp³-hybridized carbons (Fsp3) is 0.750. The first kappa shape index (κ1) is 70.6. The van der Waals surface area contributed by atoms with E-state index in [0.29, 0.717) is 19.3 Å². The maximum Gasteiger partial charge on any atom is 0.306 e. The van der Waals surface area contributed by atoms with Crippen LogP contribution in [0.25, 0.3) is 0 Å². The van der Waals surface area contributed by atoms with E-state index in [4.69, 9.17) is 14.2 Å². The van der Waals surface area contributed by atoms with Crippen LogP contribution < -0.4 is 0 Å². The summed E-state index contributed by atoms with van der Waals surface area (Å²) in [7, 11) is 0.